The zero-order valence-corrected chi connectivity index (χ0v) is 23.0. The molecule has 0 spiro atoms. The Labute approximate surface area is 230 Å². The molecule has 0 aliphatic carbocycles. The lowest BCUT2D eigenvalue weighted by Crippen LogP contribution is -2.41. The van der Waals surface area contributed by atoms with E-state index in [2.05, 4.69) is 5.32 Å². The maximum Gasteiger partial charge on any atom is 0.416 e. The molecule has 3 rings (SSSR count). The summed E-state index contributed by atoms with van der Waals surface area (Å²) in [6.07, 6.45) is -4.07. The zero-order chi connectivity index (χ0) is 28.5. The summed E-state index contributed by atoms with van der Waals surface area (Å²) < 4.78 is 78.4. The van der Waals surface area contributed by atoms with Crippen LogP contribution in [0.3, 0.4) is 0 Å². The van der Waals surface area contributed by atoms with Crippen LogP contribution in [0.5, 0.6) is 11.5 Å². The minimum absolute atomic E-state index is 0.111. The highest BCUT2D eigenvalue weighted by atomic mass is 32.2. The predicted molar refractivity (Wildman–Crippen MR) is 146 cm³/mol. The number of nitrogens with zero attached hydrogens (tertiary/aromatic N) is 1. The molecule has 0 fully saturated rings. The van der Waals surface area contributed by atoms with Crippen molar-refractivity contribution in [2.24, 2.45) is 0 Å². The van der Waals surface area contributed by atoms with Crippen molar-refractivity contribution in [1.29, 1.82) is 0 Å². The number of hydrogen-bond donors (Lipinski definition) is 1. The fourth-order valence-corrected chi connectivity index (χ4v) is 5.96. The van der Waals surface area contributed by atoms with Gasteiger partial charge in [0, 0.05) is 18.4 Å². The van der Waals surface area contributed by atoms with Gasteiger partial charge in [-0.1, -0.05) is 36.4 Å². The topological polar surface area (TPSA) is 84.9 Å². The number of alkyl halides is 3. The molecule has 1 N–H and O–H groups in total. The van der Waals surface area contributed by atoms with Crippen LogP contribution in [0, 0.1) is 0 Å². The fraction of sp³-hybridized carbons (Fsp3) is 0.296. The molecular formula is C27H29F3N2O5S2. The number of ether oxygens (including phenoxy) is 2. The molecule has 0 heterocycles. The van der Waals surface area contributed by atoms with E-state index in [1.165, 1.54) is 44.0 Å². The largest absolute Gasteiger partial charge is 0.493 e. The molecule has 0 saturated heterocycles. The number of amides is 1. The molecule has 0 aliphatic rings. The summed E-state index contributed by atoms with van der Waals surface area (Å²) in [6, 6.07) is 17.5. The molecule has 0 aliphatic heterocycles. The molecular weight excluding hydrogens is 553 g/mol. The highest BCUT2D eigenvalue weighted by molar-refractivity contribution is 7.98. The van der Waals surface area contributed by atoms with Gasteiger partial charge in [-0.05, 0) is 48.1 Å². The maximum atomic E-state index is 13.6. The second kappa shape index (κ2) is 13.6. The summed E-state index contributed by atoms with van der Waals surface area (Å²) in [6.45, 7) is -0.428. The standard InChI is InChI=1S/C27H29F3N2O5S2/c1-36-24-13-12-23(17-25(24)37-2)39(34,35)32(22-11-6-10-21(16-22)27(28,29)30)18-26(33)31-14-7-15-38-19-20-8-4-3-5-9-20/h3-6,8-13,16-17H,7,14-15,18-19H2,1-2H3,(H,31,33). The molecule has 0 bridgehead atoms. The Kier molecular flexibility index (Phi) is 10.5. The molecule has 1 amide bonds. The quantitative estimate of drug-likeness (QED) is 0.273. The van der Waals surface area contributed by atoms with E-state index in [0.29, 0.717) is 16.8 Å². The third-order valence-corrected chi connectivity index (χ3v) is 8.48. The molecule has 0 saturated carbocycles. The monoisotopic (exact) mass is 582 g/mol. The van der Waals surface area contributed by atoms with Gasteiger partial charge in [-0.15, -0.1) is 0 Å². The van der Waals surface area contributed by atoms with Gasteiger partial charge in [0.25, 0.3) is 10.0 Å². The first-order valence-corrected chi connectivity index (χ1v) is 14.5. The van der Waals surface area contributed by atoms with Crippen LogP contribution in [0.25, 0.3) is 0 Å². The average molecular weight is 583 g/mol. The van der Waals surface area contributed by atoms with Crippen LogP contribution in [0.15, 0.2) is 77.7 Å². The van der Waals surface area contributed by atoms with E-state index in [1.54, 1.807) is 11.8 Å². The Bertz CT molecular complexity index is 1350. The number of nitrogens with one attached hydrogen (secondary N) is 1. The zero-order valence-electron chi connectivity index (χ0n) is 21.4. The summed E-state index contributed by atoms with van der Waals surface area (Å²) in [7, 11) is -1.77. The summed E-state index contributed by atoms with van der Waals surface area (Å²) >= 11 is 1.69. The molecule has 3 aromatic carbocycles. The van der Waals surface area contributed by atoms with Crippen molar-refractivity contribution in [3.63, 3.8) is 0 Å². The fourth-order valence-electron chi connectivity index (χ4n) is 3.61. The van der Waals surface area contributed by atoms with Gasteiger partial charge in [-0.2, -0.15) is 24.9 Å². The lowest BCUT2D eigenvalue weighted by Gasteiger charge is -2.25. The number of sulfonamides is 1. The van der Waals surface area contributed by atoms with Crippen LogP contribution in [0.2, 0.25) is 0 Å². The van der Waals surface area contributed by atoms with Gasteiger partial charge in [0.1, 0.15) is 6.54 Å². The van der Waals surface area contributed by atoms with E-state index in [0.717, 1.165) is 23.6 Å². The molecule has 0 radical (unpaired) electrons. The van der Waals surface area contributed by atoms with Crippen molar-refractivity contribution in [3.05, 3.63) is 83.9 Å². The third-order valence-electron chi connectivity index (χ3n) is 5.59. The predicted octanol–water partition coefficient (Wildman–Crippen LogP) is 5.36. The summed E-state index contributed by atoms with van der Waals surface area (Å²) in [5.74, 6) is 1.31. The Morgan fingerprint density at radius 3 is 2.33 bits per heavy atom. The van der Waals surface area contributed by atoms with Gasteiger partial charge < -0.3 is 14.8 Å². The van der Waals surface area contributed by atoms with Gasteiger partial charge in [-0.25, -0.2) is 8.42 Å². The summed E-state index contributed by atoms with van der Waals surface area (Å²) in [5, 5.41) is 2.67. The Hall–Kier alpha value is -3.38. The number of rotatable bonds is 13. The number of benzene rings is 3. The van der Waals surface area contributed by atoms with Crippen LogP contribution in [0.4, 0.5) is 18.9 Å². The maximum absolute atomic E-state index is 13.6. The molecule has 12 heteroatoms. The van der Waals surface area contributed by atoms with E-state index in [9.17, 15) is 26.4 Å². The number of thioether (sulfide) groups is 1. The number of anilines is 1. The third kappa shape index (κ3) is 8.30. The lowest BCUT2D eigenvalue weighted by molar-refractivity contribution is -0.137. The molecule has 0 atom stereocenters. The molecule has 3 aromatic rings. The smallest absolute Gasteiger partial charge is 0.416 e. The number of carbonyl (C=O) groups excluding carboxylic acids is 1. The molecule has 0 aromatic heterocycles. The van der Waals surface area contributed by atoms with E-state index < -0.39 is 34.2 Å². The Morgan fingerprint density at radius 2 is 1.67 bits per heavy atom. The highest BCUT2D eigenvalue weighted by Gasteiger charge is 2.33. The molecule has 39 heavy (non-hydrogen) atoms. The first-order valence-electron chi connectivity index (χ1n) is 11.9. The lowest BCUT2D eigenvalue weighted by atomic mass is 10.2. The summed E-state index contributed by atoms with van der Waals surface area (Å²) in [5.41, 5.74) is -0.153. The van der Waals surface area contributed by atoms with Crippen molar-refractivity contribution in [2.75, 3.05) is 37.4 Å². The van der Waals surface area contributed by atoms with Gasteiger partial charge in [0.05, 0.1) is 30.4 Å². The van der Waals surface area contributed by atoms with Crippen LogP contribution in [-0.4, -0.2) is 47.4 Å². The Balaban J connectivity index is 1.76. The van der Waals surface area contributed by atoms with Crippen molar-refractivity contribution >= 4 is 33.4 Å². The SMILES string of the molecule is COc1ccc(S(=O)(=O)N(CC(=O)NCCCSCc2ccccc2)c2cccc(C(F)(F)F)c2)cc1OC. The van der Waals surface area contributed by atoms with E-state index in [4.69, 9.17) is 9.47 Å². The Morgan fingerprint density at radius 1 is 0.949 bits per heavy atom. The second-order valence-corrected chi connectivity index (χ2v) is 11.3. The number of methoxy groups -OCH3 is 2. The van der Waals surface area contributed by atoms with Crippen molar-refractivity contribution in [2.45, 2.75) is 23.2 Å². The normalized spacial score (nSPS) is 11.6. The second-order valence-electron chi connectivity index (χ2n) is 8.32. The van der Waals surface area contributed by atoms with Crippen LogP contribution < -0.4 is 19.1 Å². The van der Waals surface area contributed by atoms with Gasteiger partial charge in [0.2, 0.25) is 5.91 Å². The highest BCUT2D eigenvalue weighted by Crippen LogP contribution is 2.35. The van der Waals surface area contributed by atoms with Crippen LogP contribution in [0.1, 0.15) is 17.5 Å². The number of carbonyl (C=O) groups is 1. The number of hydrogen-bond acceptors (Lipinski definition) is 6. The molecule has 7 nitrogen and oxygen atoms in total. The van der Waals surface area contributed by atoms with Crippen molar-refractivity contribution in [1.82, 2.24) is 5.32 Å². The first-order chi connectivity index (χ1) is 18.6. The minimum atomic E-state index is -4.70. The van der Waals surface area contributed by atoms with E-state index in [1.807, 2.05) is 30.3 Å². The van der Waals surface area contributed by atoms with Crippen molar-refractivity contribution < 1.29 is 35.9 Å². The molecule has 0 unspecified atom stereocenters. The number of halogens is 3. The van der Waals surface area contributed by atoms with E-state index in [-0.39, 0.29) is 28.6 Å². The van der Waals surface area contributed by atoms with Crippen molar-refractivity contribution in [3.8, 4) is 11.5 Å². The van der Waals surface area contributed by atoms with Gasteiger partial charge in [0.15, 0.2) is 11.5 Å². The minimum Gasteiger partial charge on any atom is -0.493 e. The molecule has 210 valence electrons. The van der Waals surface area contributed by atoms with Crippen LogP contribution in [-0.2, 0) is 26.7 Å². The first kappa shape index (κ1) is 30.2. The van der Waals surface area contributed by atoms with Gasteiger partial charge >= 0.3 is 6.18 Å². The van der Waals surface area contributed by atoms with Gasteiger partial charge in [-0.3, -0.25) is 9.10 Å². The average Bonchev–Trinajstić information content (AvgIpc) is 2.93. The van der Waals surface area contributed by atoms with Crippen LogP contribution >= 0.6 is 11.8 Å². The summed E-state index contributed by atoms with van der Waals surface area (Å²) in [4.78, 5) is 12.5. The van der Waals surface area contributed by atoms with E-state index >= 15 is 0 Å².